The van der Waals surface area contributed by atoms with E-state index in [9.17, 15) is 0 Å². The molecule has 0 radical (unpaired) electrons. The molecule has 4 aromatic carbocycles. The summed E-state index contributed by atoms with van der Waals surface area (Å²) < 4.78 is 12.0. The maximum atomic E-state index is 6.73. The lowest BCUT2D eigenvalue weighted by Crippen LogP contribution is -2.30. The third-order valence-electron chi connectivity index (χ3n) is 6.89. The van der Waals surface area contributed by atoms with Gasteiger partial charge in [0.25, 0.3) is 0 Å². The smallest absolute Gasteiger partial charge is 0.146 e. The maximum Gasteiger partial charge on any atom is 0.146 e. The van der Waals surface area contributed by atoms with Gasteiger partial charge in [-0.25, -0.2) is 0 Å². The summed E-state index contributed by atoms with van der Waals surface area (Å²) in [4.78, 5) is 0. The second-order valence-electron chi connectivity index (χ2n) is 9.28. The summed E-state index contributed by atoms with van der Waals surface area (Å²) in [5, 5.41) is 1.15. The normalized spacial score (nSPS) is 14.8. The van der Waals surface area contributed by atoms with Crippen LogP contribution in [-0.2, 0) is 5.41 Å². The van der Waals surface area contributed by atoms with Crippen LogP contribution in [0.5, 0.6) is 23.0 Å². The highest BCUT2D eigenvalue weighted by Crippen LogP contribution is 2.48. The van der Waals surface area contributed by atoms with E-state index in [0.29, 0.717) is 44.4 Å². The predicted molar refractivity (Wildman–Crippen MR) is 149 cm³/mol. The lowest BCUT2D eigenvalue weighted by Gasteiger charge is -2.39. The highest BCUT2D eigenvalue weighted by atomic mass is 35.5. The van der Waals surface area contributed by atoms with Crippen LogP contribution in [0.1, 0.15) is 43.2 Å². The summed E-state index contributed by atoms with van der Waals surface area (Å²) in [6.07, 6.45) is 5.55. The zero-order valence-corrected chi connectivity index (χ0v) is 21.4. The van der Waals surface area contributed by atoms with Gasteiger partial charge >= 0.3 is 0 Å². The van der Waals surface area contributed by atoms with Gasteiger partial charge in [0.2, 0.25) is 0 Å². The number of hydrogen-bond donors (Lipinski definition) is 2. The second-order valence-corrected chi connectivity index (χ2v) is 10.1. The molecule has 0 amide bonds. The van der Waals surface area contributed by atoms with Crippen molar-refractivity contribution in [2.75, 3.05) is 11.5 Å². The molecule has 1 aliphatic rings. The van der Waals surface area contributed by atoms with E-state index in [1.807, 2.05) is 48.5 Å². The molecule has 0 aromatic heterocycles. The number of rotatable bonds is 6. The molecule has 0 saturated heterocycles. The zero-order valence-electron chi connectivity index (χ0n) is 19.8. The fourth-order valence-electron chi connectivity index (χ4n) is 4.99. The summed E-state index contributed by atoms with van der Waals surface area (Å²) >= 11 is 13.5. The first-order chi connectivity index (χ1) is 17.4. The van der Waals surface area contributed by atoms with E-state index in [0.717, 1.165) is 25.7 Å². The number of hydrogen-bond acceptors (Lipinski definition) is 4. The van der Waals surface area contributed by atoms with Crippen molar-refractivity contribution in [1.29, 1.82) is 0 Å². The van der Waals surface area contributed by atoms with Crippen LogP contribution in [0.3, 0.4) is 0 Å². The highest BCUT2D eigenvalue weighted by molar-refractivity contribution is 6.32. The molecule has 5 rings (SSSR count). The lowest BCUT2D eigenvalue weighted by molar-refractivity contribution is 0.345. The minimum Gasteiger partial charge on any atom is -0.456 e. The Labute approximate surface area is 221 Å². The van der Waals surface area contributed by atoms with E-state index < -0.39 is 0 Å². The third kappa shape index (κ3) is 5.11. The number of nitrogen functional groups attached to an aromatic ring is 2. The Hall–Kier alpha value is -3.34. The first-order valence-electron chi connectivity index (χ1n) is 12.1. The predicted octanol–water partition coefficient (Wildman–Crippen LogP) is 8.99. The van der Waals surface area contributed by atoms with E-state index in [4.69, 9.17) is 44.1 Å². The highest BCUT2D eigenvalue weighted by Gasteiger charge is 2.36. The van der Waals surface area contributed by atoms with Crippen molar-refractivity contribution < 1.29 is 9.47 Å². The Bertz CT molecular complexity index is 1250. The standard InChI is InChI=1S/C30H28Cl2N2O2/c31-26-18-20(4-14-28(26)35-24-10-6-22(33)7-11-24)30(16-2-1-3-17-30)21-5-15-29(27(32)19-21)36-25-12-8-23(34)9-13-25/h4-15,18-19H,1-3,16-17,33-34H2. The van der Waals surface area contributed by atoms with Crippen molar-refractivity contribution in [2.24, 2.45) is 0 Å². The molecule has 6 heteroatoms. The quantitative estimate of drug-likeness (QED) is 0.249. The molecule has 0 atom stereocenters. The summed E-state index contributed by atoms with van der Waals surface area (Å²) in [6.45, 7) is 0. The Morgan fingerprint density at radius 2 is 0.972 bits per heavy atom. The largest absolute Gasteiger partial charge is 0.456 e. The van der Waals surface area contributed by atoms with Gasteiger partial charge in [-0.3, -0.25) is 0 Å². The van der Waals surface area contributed by atoms with Gasteiger partial charge in [-0.15, -0.1) is 0 Å². The van der Waals surface area contributed by atoms with Gasteiger partial charge in [0.15, 0.2) is 0 Å². The topological polar surface area (TPSA) is 70.5 Å². The van der Waals surface area contributed by atoms with Crippen molar-refractivity contribution in [2.45, 2.75) is 37.5 Å². The number of nitrogens with two attached hydrogens (primary N) is 2. The second kappa shape index (κ2) is 10.3. The molecule has 4 N–H and O–H groups in total. The molecule has 1 fully saturated rings. The first kappa shape index (κ1) is 24.4. The summed E-state index contributed by atoms with van der Waals surface area (Å²) in [5.41, 5.74) is 15.1. The summed E-state index contributed by atoms with van der Waals surface area (Å²) in [6, 6.07) is 26.8. The minimum atomic E-state index is -0.176. The Balaban J connectivity index is 1.45. The van der Waals surface area contributed by atoms with Crippen molar-refractivity contribution in [3.63, 3.8) is 0 Å². The molecule has 0 bridgehead atoms. The van der Waals surface area contributed by atoms with Crippen LogP contribution < -0.4 is 20.9 Å². The fourth-order valence-corrected chi connectivity index (χ4v) is 5.43. The van der Waals surface area contributed by atoms with Gasteiger partial charge in [-0.1, -0.05) is 54.6 Å². The van der Waals surface area contributed by atoms with Gasteiger partial charge in [0, 0.05) is 16.8 Å². The van der Waals surface area contributed by atoms with Crippen molar-refractivity contribution in [1.82, 2.24) is 0 Å². The van der Waals surface area contributed by atoms with Crippen LogP contribution in [0.15, 0.2) is 84.9 Å². The van der Waals surface area contributed by atoms with Crippen molar-refractivity contribution >= 4 is 34.6 Å². The first-order valence-corrected chi connectivity index (χ1v) is 12.9. The average molecular weight is 519 g/mol. The number of anilines is 2. The van der Waals surface area contributed by atoms with Crippen LogP contribution in [0.4, 0.5) is 11.4 Å². The van der Waals surface area contributed by atoms with Crippen LogP contribution in [0, 0.1) is 0 Å². The van der Waals surface area contributed by atoms with Gasteiger partial charge in [-0.05, 0) is 96.8 Å². The number of halogens is 2. The Morgan fingerprint density at radius 3 is 1.36 bits per heavy atom. The van der Waals surface area contributed by atoms with E-state index in [1.54, 1.807) is 24.3 Å². The van der Waals surface area contributed by atoms with Gasteiger partial charge in [-0.2, -0.15) is 0 Å². The van der Waals surface area contributed by atoms with E-state index in [1.165, 1.54) is 17.5 Å². The van der Waals surface area contributed by atoms with Crippen LogP contribution in [0.2, 0.25) is 10.0 Å². The molecule has 0 spiro atoms. The Morgan fingerprint density at radius 1 is 0.556 bits per heavy atom. The van der Waals surface area contributed by atoms with E-state index in [-0.39, 0.29) is 5.41 Å². The molecule has 184 valence electrons. The molecular formula is C30H28Cl2N2O2. The molecule has 4 aromatic rings. The number of benzene rings is 4. The van der Waals surface area contributed by atoms with Crippen LogP contribution in [-0.4, -0.2) is 0 Å². The minimum absolute atomic E-state index is 0.176. The molecule has 0 heterocycles. The van der Waals surface area contributed by atoms with Gasteiger partial charge in [0.1, 0.15) is 23.0 Å². The van der Waals surface area contributed by atoms with Gasteiger partial charge < -0.3 is 20.9 Å². The average Bonchev–Trinajstić information content (AvgIpc) is 2.89. The third-order valence-corrected chi connectivity index (χ3v) is 7.48. The number of ether oxygens (including phenoxy) is 2. The lowest BCUT2D eigenvalue weighted by atomic mass is 9.65. The van der Waals surface area contributed by atoms with Crippen LogP contribution >= 0.6 is 23.2 Å². The molecule has 0 unspecified atom stereocenters. The molecular weight excluding hydrogens is 491 g/mol. The monoisotopic (exact) mass is 518 g/mol. The molecule has 36 heavy (non-hydrogen) atoms. The Kier molecular flexibility index (Phi) is 6.99. The summed E-state index contributed by atoms with van der Waals surface area (Å²) in [5.74, 6) is 2.60. The molecule has 0 aliphatic heterocycles. The van der Waals surface area contributed by atoms with E-state index >= 15 is 0 Å². The molecule has 4 nitrogen and oxygen atoms in total. The maximum absolute atomic E-state index is 6.73. The van der Waals surface area contributed by atoms with Crippen LogP contribution in [0.25, 0.3) is 0 Å². The fraction of sp³-hybridized carbons (Fsp3) is 0.200. The van der Waals surface area contributed by atoms with Gasteiger partial charge in [0.05, 0.1) is 10.0 Å². The SMILES string of the molecule is Nc1ccc(Oc2ccc(C3(c4ccc(Oc5ccc(N)cc5)c(Cl)c4)CCCCC3)cc2Cl)cc1. The zero-order chi connectivity index (χ0) is 25.1. The van der Waals surface area contributed by atoms with E-state index in [2.05, 4.69) is 12.1 Å². The molecule has 1 aliphatic carbocycles. The molecule has 1 saturated carbocycles. The van der Waals surface area contributed by atoms with Crippen molar-refractivity contribution in [3.8, 4) is 23.0 Å². The van der Waals surface area contributed by atoms with Crippen molar-refractivity contribution in [3.05, 3.63) is 106 Å². The summed E-state index contributed by atoms with van der Waals surface area (Å²) in [7, 11) is 0.